The normalized spacial score (nSPS) is 9.96. The van der Waals surface area contributed by atoms with Crippen molar-refractivity contribution in [1.82, 2.24) is 4.98 Å². The van der Waals surface area contributed by atoms with Gasteiger partial charge in [-0.05, 0) is 48.5 Å². The lowest BCUT2D eigenvalue weighted by Gasteiger charge is -2.11. The monoisotopic (exact) mass is 362 g/mol. The topological polar surface area (TPSA) is 73.6 Å². The van der Waals surface area contributed by atoms with E-state index in [-0.39, 0.29) is 6.42 Å². The lowest BCUT2D eigenvalue weighted by molar-refractivity contribution is 0.410. The van der Waals surface area contributed by atoms with Gasteiger partial charge in [-0.1, -0.05) is 0 Å². The quantitative estimate of drug-likeness (QED) is 0.604. The van der Waals surface area contributed by atoms with Crippen molar-refractivity contribution in [3.05, 3.63) is 66.4 Å². The molecule has 0 fully saturated rings. The van der Waals surface area contributed by atoms with Gasteiger partial charge in [0, 0.05) is 12.1 Å². The van der Waals surface area contributed by atoms with Gasteiger partial charge in [0.05, 0.1) is 32.4 Å². The van der Waals surface area contributed by atoms with Crippen LogP contribution < -0.4 is 18.9 Å². The van der Waals surface area contributed by atoms with Crippen molar-refractivity contribution in [1.29, 1.82) is 5.26 Å². The number of ether oxygens (including phenoxy) is 4. The molecule has 0 bridgehead atoms. The summed E-state index contributed by atoms with van der Waals surface area (Å²) in [6, 6.07) is 19.8. The molecule has 1 heterocycles. The van der Waals surface area contributed by atoms with E-state index in [9.17, 15) is 0 Å². The molecule has 3 aromatic rings. The zero-order valence-corrected chi connectivity index (χ0v) is 15.0. The first-order chi connectivity index (χ1) is 13.2. The second-order valence-electron chi connectivity index (χ2n) is 5.52. The maximum absolute atomic E-state index is 9.00. The Balaban J connectivity index is 1.83. The van der Waals surface area contributed by atoms with Gasteiger partial charge in [-0.15, -0.1) is 0 Å². The number of benzene rings is 2. The van der Waals surface area contributed by atoms with Gasteiger partial charge in [-0.25, -0.2) is 4.98 Å². The average molecular weight is 362 g/mol. The second kappa shape index (κ2) is 8.59. The zero-order chi connectivity index (χ0) is 19.1. The Hall–Kier alpha value is -3.72. The van der Waals surface area contributed by atoms with E-state index in [1.807, 2.05) is 12.1 Å². The third-order valence-electron chi connectivity index (χ3n) is 3.67. The molecule has 0 spiro atoms. The van der Waals surface area contributed by atoms with Crippen molar-refractivity contribution in [2.24, 2.45) is 0 Å². The van der Waals surface area contributed by atoms with E-state index >= 15 is 0 Å². The van der Waals surface area contributed by atoms with Crippen molar-refractivity contribution >= 4 is 0 Å². The molecular weight excluding hydrogens is 344 g/mol. The molecule has 6 heteroatoms. The van der Waals surface area contributed by atoms with Gasteiger partial charge < -0.3 is 18.9 Å². The molecule has 1 aromatic heterocycles. The summed E-state index contributed by atoms with van der Waals surface area (Å²) < 4.78 is 22.0. The van der Waals surface area contributed by atoms with E-state index in [2.05, 4.69) is 11.1 Å². The molecule has 27 heavy (non-hydrogen) atoms. The lowest BCUT2D eigenvalue weighted by atomic mass is 10.2. The molecule has 0 unspecified atom stereocenters. The zero-order valence-electron chi connectivity index (χ0n) is 15.0. The van der Waals surface area contributed by atoms with Crippen LogP contribution in [0.4, 0.5) is 0 Å². The Labute approximate surface area is 157 Å². The van der Waals surface area contributed by atoms with Gasteiger partial charge in [0.2, 0.25) is 5.88 Å². The Morgan fingerprint density at radius 3 is 1.78 bits per heavy atom. The van der Waals surface area contributed by atoms with Crippen molar-refractivity contribution in [3.8, 4) is 40.7 Å². The minimum absolute atomic E-state index is 0.152. The number of pyridine rings is 1. The molecule has 0 amide bonds. The first kappa shape index (κ1) is 18.1. The number of rotatable bonds is 7. The van der Waals surface area contributed by atoms with Crippen LogP contribution in [0.15, 0.2) is 60.7 Å². The molecular formula is C21H18N2O4. The van der Waals surface area contributed by atoms with Crippen LogP contribution in [0.2, 0.25) is 0 Å². The lowest BCUT2D eigenvalue weighted by Crippen LogP contribution is -1.95. The van der Waals surface area contributed by atoms with Crippen molar-refractivity contribution < 1.29 is 18.9 Å². The highest BCUT2D eigenvalue weighted by Crippen LogP contribution is 2.29. The summed E-state index contributed by atoms with van der Waals surface area (Å²) in [6.45, 7) is 0. The van der Waals surface area contributed by atoms with Crippen LogP contribution in [0.3, 0.4) is 0 Å². The van der Waals surface area contributed by atoms with Crippen LogP contribution >= 0.6 is 0 Å². The Morgan fingerprint density at radius 2 is 1.26 bits per heavy atom. The van der Waals surface area contributed by atoms with Crippen molar-refractivity contribution in [2.75, 3.05) is 14.2 Å². The van der Waals surface area contributed by atoms with Crippen molar-refractivity contribution in [3.63, 3.8) is 0 Å². The van der Waals surface area contributed by atoms with E-state index < -0.39 is 0 Å². The largest absolute Gasteiger partial charge is 0.497 e. The molecule has 0 saturated heterocycles. The van der Waals surface area contributed by atoms with Crippen LogP contribution in [0.25, 0.3) is 0 Å². The maximum Gasteiger partial charge on any atom is 0.223 e. The fraction of sp³-hybridized carbons (Fsp3) is 0.143. The highest BCUT2D eigenvalue weighted by molar-refractivity contribution is 5.40. The van der Waals surface area contributed by atoms with Gasteiger partial charge in [0.25, 0.3) is 0 Å². The predicted molar refractivity (Wildman–Crippen MR) is 99.7 cm³/mol. The van der Waals surface area contributed by atoms with Gasteiger partial charge in [0.15, 0.2) is 0 Å². The molecule has 3 rings (SSSR count). The van der Waals surface area contributed by atoms with Crippen LogP contribution in [0.1, 0.15) is 5.69 Å². The van der Waals surface area contributed by atoms with Crippen LogP contribution in [0.5, 0.6) is 34.6 Å². The van der Waals surface area contributed by atoms with Crippen molar-refractivity contribution in [2.45, 2.75) is 6.42 Å². The Morgan fingerprint density at radius 1 is 0.741 bits per heavy atom. The molecule has 0 aliphatic heterocycles. The average Bonchev–Trinajstić information content (AvgIpc) is 2.69. The smallest absolute Gasteiger partial charge is 0.223 e. The second-order valence-corrected chi connectivity index (χ2v) is 5.52. The fourth-order valence-corrected chi connectivity index (χ4v) is 2.36. The molecule has 6 nitrogen and oxygen atoms in total. The first-order valence-corrected chi connectivity index (χ1v) is 8.22. The standard InChI is InChI=1S/C21H18N2O4/c1-24-16-3-7-18(8-4-16)26-20-13-15(11-12-22)23-21(14-20)27-19-9-5-17(25-2)6-10-19/h3-10,13-14H,11H2,1-2H3. The molecule has 2 aromatic carbocycles. The van der Waals surface area contributed by atoms with Crippen LogP contribution in [-0.2, 0) is 6.42 Å². The van der Waals surface area contributed by atoms with Crippen LogP contribution in [-0.4, -0.2) is 19.2 Å². The van der Waals surface area contributed by atoms with Gasteiger partial charge in [-0.3, -0.25) is 0 Å². The highest BCUT2D eigenvalue weighted by atomic mass is 16.5. The highest BCUT2D eigenvalue weighted by Gasteiger charge is 2.08. The molecule has 0 saturated carbocycles. The minimum Gasteiger partial charge on any atom is -0.497 e. The summed E-state index contributed by atoms with van der Waals surface area (Å²) >= 11 is 0. The molecule has 0 aliphatic rings. The molecule has 0 radical (unpaired) electrons. The number of methoxy groups -OCH3 is 2. The summed E-state index contributed by atoms with van der Waals surface area (Å²) in [5.41, 5.74) is 0.562. The van der Waals surface area contributed by atoms with E-state index in [0.717, 1.165) is 11.5 Å². The van der Waals surface area contributed by atoms with E-state index in [1.54, 1.807) is 62.8 Å². The molecule has 0 N–H and O–H groups in total. The molecule has 0 aliphatic carbocycles. The van der Waals surface area contributed by atoms with Crippen LogP contribution in [0, 0.1) is 11.3 Å². The maximum atomic E-state index is 9.00. The summed E-state index contributed by atoms with van der Waals surface area (Å²) in [5.74, 6) is 3.59. The predicted octanol–water partition coefficient (Wildman–Crippen LogP) is 4.75. The molecule has 136 valence electrons. The van der Waals surface area contributed by atoms with Gasteiger partial charge in [0.1, 0.15) is 28.7 Å². The number of nitriles is 1. The summed E-state index contributed by atoms with van der Waals surface area (Å²) in [7, 11) is 3.21. The summed E-state index contributed by atoms with van der Waals surface area (Å²) in [6.07, 6.45) is 0.152. The summed E-state index contributed by atoms with van der Waals surface area (Å²) in [5, 5.41) is 9.00. The van der Waals surface area contributed by atoms with E-state index in [1.165, 1.54) is 0 Å². The minimum atomic E-state index is 0.152. The third-order valence-corrected chi connectivity index (χ3v) is 3.67. The SMILES string of the molecule is COc1ccc(Oc2cc(CC#N)nc(Oc3ccc(OC)cc3)c2)cc1. The van der Waals surface area contributed by atoms with E-state index in [0.29, 0.717) is 28.8 Å². The third kappa shape index (κ3) is 4.89. The number of hydrogen-bond acceptors (Lipinski definition) is 6. The first-order valence-electron chi connectivity index (χ1n) is 8.22. The van der Waals surface area contributed by atoms with E-state index in [4.69, 9.17) is 24.2 Å². The number of hydrogen-bond donors (Lipinski definition) is 0. The Bertz CT molecular complexity index is 864. The van der Waals surface area contributed by atoms with Gasteiger partial charge >= 0.3 is 0 Å². The fourth-order valence-electron chi connectivity index (χ4n) is 2.36. The molecule has 0 atom stereocenters. The summed E-state index contributed by atoms with van der Waals surface area (Å²) in [4.78, 5) is 4.35. The number of nitrogens with zero attached hydrogens (tertiary/aromatic N) is 2. The Kier molecular flexibility index (Phi) is 5.75. The van der Waals surface area contributed by atoms with Gasteiger partial charge in [-0.2, -0.15) is 5.26 Å². The number of aromatic nitrogens is 1.